The fourth-order valence-corrected chi connectivity index (χ4v) is 2.51. The van der Waals surface area contributed by atoms with Gasteiger partial charge in [0.1, 0.15) is 17.5 Å². The minimum Gasteiger partial charge on any atom is -0.323 e. The summed E-state index contributed by atoms with van der Waals surface area (Å²) in [5, 5.41) is 12.0. The van der Waals surface area contributed by atoms with Gasteiger partial charge in [-0.15, -0.1) is 10.2 Å². The Kier molecular flexibility index (Phi) is 2.94. The lowest BCUT2D eigenvalue weighted by atomic mass is 10.2. The summed E-state index contributed by atoms with van der Waals surface area (Å²) < 4.78 is 28.7. The number of halogens is 2. The van der Waals surface area contributed by atoms with Crippen molar-refractivity contribution in [2.45, 2.75) is 6.92 Å². The van der Waals surface area contributed by atoms with E-state index in [0.717, 1.165) is 11.5 Å². The van der Waals surface area contributed by atoms with E-state index >= 15 is 0 Å². The van der Waals surface area contributed by atoms with Crippen LogP contribution < -0.4 is 5.32 Å². The summed E-state index contributed by atoms with van der Waals surface area (Å²) in [6.45, 7) is 1.78. The molecule has 0 amide bonds. The Hall–Kier alpha value is -3.09. The molecule has 4 aromatic rings. The number of nitrogens with one attached hydrogen (secondary N) is 1. The van der Waals surface area contributed by atoms with Crippen molar-refractivity contribution in [2.24, 2.45) is 0 Å². The number of aryl methyl sites for hydroxylation is 1. The molecule has 23 heavy (non-hydrogen) atoms. The zero-order valence-electron chi connectivity index (χ0n) is 12.1. The highest BCUT2D eigenvalue weighted by molar-refractivity contribution is 5.92. The lowest BCUT2D eigenvalue weighted by Crippen LogP contribution is -2.05. The SMILES string of the molecule is Cc1nnc2c3ccccc3nc(Nc3ccc(F)cc3F)n12. The van der Waals surface area contributed by atoms with Crippen LogP contribution in [0.2, 0.25) is 0 Å². The first-order valence-electron chi connectivity index (χ1n) is 6.96. The highest BCUT2D eigenvalue weighted by Crippen LogP contribution is 2.25. The molecule has 0 bridgehead atoms. The van der Waals surface area contributed by atoms with E-state index in [1.54, 1.807) is 11.3 Å². The molecular formula is C16H11F2N5. The smallest absolute Gasteiger partial charge is 0.215 e. The van der Waals surface area contributed by atoms with Crippen molar-refractivity contribution in [2.75, 3.05) is 5.32 Å². The van der Waals surface area contributed by atoms with Gasteiger partial charge in [-0.3, -0.25) is 0 Å². The van der Waals surface area contributed by atoms with Crippen LogP contribution in [0, 0.1) is 18.6 Å². The number of rotatable bonds is 2. The Bertz CT molecular complexity index is 1040. The number of fused-ring (bicyclic) bond motifs is 3. The van der Waals surface area contributed by atoms with Gasteiger partial charge in [0.2, 0.25) is 5.95 Å². The largest absolute Gasteiger partial charge is 0.323 e. The fourth-order valence-electron chi connectivity index (χ4n) is 2.51. The molecule has 0 saturated carbocycles. The Labute approximate surface area is 129 Å². The predicted octanol–water partition coefficient (Wildman–Crippen LogP) is 3.61. The molecule has 1 N–H and O–H groups in total. The second-order valence-corrected chi connectivity index (χ2v) is 5.11. The zero-order valence-corrected chi connectivity index (χ0v) is 12.1. The zero-order chi connectivity index (χ0) is 16.0. The summed E-state index contributed by atoms with van der Waals surface area (Å²) >= 11 is 0. The van der Waals surface area contributed by atoms with E-state index in [1.807, 2.05) is 24.3 Å². The van der Waals surface area contributed by atoms with Gasteiger partial charge in [0.15, 0.2) is 5.65 Å². The third kappa shape index (κ3) is 2.17. The molecule has 2 aromatic heterocycles. The second-order valence-electron chi connectivity index (χ2n) is 5.11. The van der Waals surface area contributed by atoms with Crippen LogP contribution in [0.15, 0.2) is 42.5 Å². The summed E-state index contributed by atoms with van der Waals surface area (Å²) in [4.78, 5) is 4.51. The molecule has 0 unspecified atom stereocenters. The average molecular weight is 311 g/mol. The van der Waals surface area contributed by atoms with Crippen molar-refractivity contribution in [3.05, 3.63) is 59.9 Å². The topological polar surface area (TPSA) is 55.1 Å². The first-order valence-corrected chi connectivity index (χ1v) is 6.96. The van der Waals surface area contributed by atoms with Crippen LogP contribution in [-0.4, -0.2) is 19.6 Å². The molecule has 2 aromatic carbocycles. The number of nitrogens with zero attached hydrogens (tertiary/aromatic N) is 4. The van der Waals surface area contributed by atoms with Crippen LogP contribution in [0.4, 0.5) is 20.4 Å². The summed E-state index contributed by atoms with van der Waals surface area (Å²) in [5.74, 6) is -0.348. The van der Waals surface area contributed by atoms with Crippen molar-refractivity contribution in [3.63, 3.8) is 0 Å². The first-order chi connectivity index (χ1) is 11.1. The van der Waals surface area contributed by atoms with Gasteiger partial charge in [0.25, 0.3) is 0 Å². The van der Waals surface area contributed by atoms with Crippen LogP contribution in [0.25, 0.3) is 16.6 Å². The maximum absolute atomic E-state index is 13.9. The quantitative estimate of drug-likeness (QED) is 0.614. The molecule has 0 aliphatic heterocycles. The molecule has 4 rings (SSSR count). The lowest BCUT2D eigenvalue weighted by molar-refractivity contribution is 0.586. The van der Waals surface area contributed by atoms with Crippen molar-refractivity contribution in [1.29, 1.82) is 0 Å². The van der Waals surface area contributed by atoms with Crippen LogP contribution in [-0.2, 0) is 0 Å². The molecule has 0 spiro atoms. The number of hydrogen-bond donors (Lipinski definition) is 1. The molecule has 0 saturated heterocycles. The summed E-state index contributed by atoms with van der Waals surface area (Å²) in [6.07, 6.45) is 0. The van der Waals surface area contributed by atoms with Crippen molar-refractivity contribution < 1.29 is 8.78 Å². The van der Waals surface area contributed by atoms with E-state index in [0.29, 0.717) is 22.9 Å². The average Bonchev–Trinajstić information content (AvgIpc) is 2.93. The van der Waals surface area contributed by atoms with E-state index in [4.69, 9.17) is 0 Å². The fraction of sp³-hybridized carbons (Fsp3) is 0.0625. The van der Waals surface area contributed by atoms with Gasteiger partial charge in [-0.05, 0) is 31.2 Å². The van der Waals surface area contributed by atoms with Crippen molar-refractivity contribution in [1.82, 2.24) is 19.6 Å². The van der Waals surface area contributed by atoms with Crippen LogP contribution in [0.1, 0.15) is 5.82 Å². The molecule has 2 heterocycles. The van der Waals surface area contributed by atoms with Crippen LogP contribution >= 0.6 is 0 Å². The Morgan fingerprint density at radius 3 is 2.70 bits per heavy atom. The third-order valence-electron chi connectivity index (χ3n) is 3.59. The van der Waals surface area contributed by atoms with Gasteiger partial charge in [0, 0.05) is 11.5 Å². The van der Waals surface area contributed by atoms with Gasteiger partial charge in [-0.1, -0.05) is 12.1 Å². The van der Waals surface area contributed by atoms with E-state index in [-0.39, 0.29) is 5.69 Å². The Balaban J connectivity index is 1.95. The maximum Gasteiger partial charge on any atom is 0.215 e. The minimum atomic E-state index is -0.696. The highest BCUT2D eigenvalue weighted by Gasteiger charge is 2.14. The molecule has 5 nitrogen and oxygen atoms in total. The van der Waals surface area contributed by atoms with Gasteiger partial charge >= 0.3 is 0 Å². The van der Waals surface area contributed by atoms with E-state index in [2.05, 4.69) is 20.5 Å². The van der Waals surface area contributed by atoms with E-state index in [1.165, 1.54) is 12.1 Å². The Morgan fingerprint density at radius 2 is 1.87 bits per heavy atom. The molecular weight excluding hydrogens is 300 g/mol. The normalized spacial score (nSPS) is 11.3. The third-order valence-corrected chi connectivity index (χ3v) is 3.59. The Morgan fingerprint density at radius 1 is 1.04 bits per heavy atom. The number of anilines is 2. The van der Waals surface area contributed by atoms with Gasteiger partial charge in [-0.2, -0.15) is 0 Å². The number of hydrogen-bond acceptors (Lipinski definition) is 4. The highest BCUT2D eigenvalue weighted by atomic mass is 19.1. The molecule has 0 atom stereocenters. The summed E-state index contributed by atoms with van der Waals surface area (Å²) in [6, 6.07) is 10.8. The van der Waals surface area contributed by atoms with Gasteiger partial charge in [0.05, 0.1) is 11.2 Å². The molecule has 0 fully saturated rings. The van der Waals surface area contributed by atoms with Crippen LogP contribution in [0.5, 0.6) is 0 Å². The monoisotopic (exact) mass is 311 g/mol. The molecule has 114 valence electrons. The number of para-hydroxylation sites is 1. The van der Waals surface area contributed by atoms with Gasteiger partial charge in [-0.25, -0.2) is 18.2 Å². The van der Waals surface area contributed by atoms with Crippen molar-refractivity contribution in [3.8, 4) is 0 Å². The molecule has 0 radical (unpaired) electrons. The van der Waals surface area contributed by atoms with Crippen LogP contribution in [0.3, 0.4) is 0 Å². The summed E-state index contributed by atoms with van der Waals surface area (Å²) in [5.41, 5.74) is 1.46. The predicted molar refractivity (Wildman–Crippen MR) is 82.7 cm³/mol. The number of aromatic nitrogens is 4. The van der Waals surface area contributed by atoms with Gasteiger partial charge < -0.3 is 5.32 Å². The van der Waals surface area contributed by atoms with E-state index in [9.17, 15) is 8.78 Å². The first kappa shape index (κ1) is 13.6. The summed E-state index contributed by atoms with van der Waals surface area (Å²) in [7, 11) is 0. The standard InChI is InChI=1S/C16H11F2N5/c1-9-21-22-15-11-4-2-3-5-13(11)19-16(23(9)15)20-14-7-6-10(17)8-12(14)18/h2-8H,1H3,(H,19,20). The van der Waals surface area contributed by atoms with E-state index < -0.39 is 11.6 Å². The maximum atomic E-state index is 13.9. The lowest BCUT2D eigenvalue weighted by Gasteiger charge is -2.11. The minimum absolute atomic E-state index is 0.128. The molecule has 0 aliphatic carbocycles. The number of benzene rings is 2. The second kappa shape index (κ2) is 4.98. The molecule has 7 heteroatoms. The molecule has 0 aliphatic rings. The van der Waals surface area contributed by atoms with Crippen molar-refractivity contribution >= 4 is 28.2 Å².